The van der Waals surface area contributed by atoms with E-state index in [1.165, 1.54) is 17.7 Å². The Morgan fingerprint density at radius 2 is 2.22 bits per heavy atom. The van der Waals surface area contributed by atoms with Gasteiger partial charge in [-0.05, 0) is 5.56 Å². The maximum atomic E-state index is 10.8. The van der Waals surface area contributed by atoms with Crippen molar-refractivity contribution in [1.29, 1.82) is 0 Å². The van der Waals surface area contributed by atoms with Gasteiger partial charge in [-0.25, -0.2) is 0 Å². The second-order valence-electron chi connectivity index (χ2n) is 3.69. The third-order valence-corrected chi connectivity index (χ3v) is 3.42. The van der Waals surface area contributed by atoms with Crippen LogP contribution in [0.5, 0.6) is 0 Å². The number of hydrogen-bond acceptors (Lipinski definition) is 5. The molecule has 0 aliphatic rings. The summed E-state index contributed by atoms with van der Waals surface area (Å²) in [6, 6.07) is 7.35. The summed E-state index contributed by atoms with van der Waals surface area (Å²) in [7, 11) is 0. The first-order chi connectivity index (χ1) is 8.74. The van der Waals surface area contributed by atoms with Crippen LogP contribution in [0.25, 0.3) is 15.5 Å². The van der Waals surface area contributed by atoms with Gasteiger partial charge in [0.2, 0.25) is 4.96 Å². The summed E-state index contributed by atoms with van der Waals surface area (Å²) < 4.78 is 1.58. The maximum absolute atomic E-state index is 10.8. The van der Waals surface area contributed by atoms with E-state index in [-0.39, 0.29) is 6.42 Å². The maximum Gasteiger partial charge on any atom is 0.307 e. The number of aromatic nitrogens is 4. The Bertz CT molecular complexity index is 690. The summed E-state index contributed by atoms with van der Waals surface area (Å²) in [4.78, 5) is 11.5. The Morgan fingerprint density at radius 3 is 3.00 bits per heavy atom. The van der Waals surface area contributed by atoms with Crippen molar-refractivity contribution in [2.24, 2.45) is 0 Å². The summed E-state index contributed by atoms with van der Waals surface area (Å²) in [5.41, 5.74) is 1.57. The second kappa shape index (κ2) is 4.19. The van der Waals surface area contributed by atoms with Gasteiger partial charge in [0, 0.05) is 5.56 Å². The van der Waals surface area contributed by atoms with Crippen molar-refractivity contribution in [1.82, 2.24) is 19.8 Å². The number of rotatable bonds is 3. The fourth-order valence-corrected chi connectivity index (χ4v) is 2.59. The SMILES string of the molecule is O=C(O)Cc1ccccc1-c1nn2cnnc2s1. The molecular weight excluding hydrogens is 252 g/mol. The van der Waals surface area contributed by atoms with Crippen LogP contribution >= 0.6 is 11.3 Å². The molecule has 90 valence electrons. The van der Waals surface area contributed by atoms with Gasteiger partial charge in [-0.2, -0.15) is 9.61 Å². The van der Waals surface area contributed by atoms with Gasteiger partial charge in [-0.1, -0.05) is 35.6 Å². The lowest BCUT2D eigenvalue weighted by molar-refractivity contribution is -0.136. The first-order valence-corrected chi connectivity index (χ1v) is 6.02. The Hall–Kier alpha value is -2.28. The standard InChI is InChI=1S/C11H8N4O2S/c16-9(17)5-7-3-1-2-4-8(7)10-14-15-6-12-13-11(15)18-10/h1-4,6H,5H2,(H,16,17). The molecule has 0 amide bonds. The van der Waals surface area contributed by atoms with Gasteiger partial charge in [-0.3, -0.25) is 4.79 Å². The molecule has 0 aliphatic heterocycles. The number of fused-ring (bicyclic) bond motifs is 1. The summed E-state index contributed by atoms with van der Waals surface area (Å²) >= 11 is 1.38. The molecule has 3 aromatic rings. The number of nitrogens with zero attached hydrogens (tertiary/aromatic N) is 4. The molecule has 2 aromatic heterocycles. The first-order valence-electron chi connectivity index (χ1n) is 5.21. The van der Waals surface area contributed by atoms with Crippen LogP contribution in [0.2, 0.25) is 0 Å². The van der Waals surface area contributed by atoms with Crippen molar-refractivity contribution in [2.75, 3.05) is 0 Å². The molecule has 0 bridgehead atoms. The molecule has 3 rings (SSSR count). The number of aliphatic carboxylic acids is 1. The highest BCUT2D eigenvalue weighted by Crippen LogP contribution is 2.27. The molecule has 1 N–H and O–H groups in total. The molecule has 0 atom stereocenters. The number of carbonyl (C=O) groups is 1. The van der Waals surface area contributed by atoms with Crippen LogP contribution in [0.1, 0.15) is 5.56 Å². The lowest BCUT2D eigenvalue weighted by atomic mass is 10.1. The summed E-state index contributed by atoms with van der Waals surface area (Å²) in [5, 5.41) is 21.6. The molecular formula is C11H8N4O2S. The van der Waals surface area contributed by atoms with E-state index < -0.39 is 5.97 Å². The molecule has 0 saturated heterocycles. The molecule has 7 heteroatoms. The zero-order chi connectivity index (χ0) is 12.5. The highest BCUT2D eigenvalue weighted by molar-refractivity contribution is 7.19. The van der Waals surface area contributed by atoms with Gasteiger partial charge in [0.1, 0.15) is 11.3 Å². The van der Waals surface area contributed by atoms with E-state index in [1.54, 1.807) is 10.6 Å². The van der Waals surface area contributed by atoms with Gasteiger partial charge >= 0.3 is 5.97 Å². The second-order valence-corrected chi connectivity index (χ2v) is 4.65. The summed E-state index contributed by atoms with van der Waals surface area (Å²) in [6.07, 6.45) is 1.51. The number of carboxylic acids is 1. The molecule has 18 heavy (non-hydrogen) atoms. The topological polar surface area (TPSA) is 80.4 Å². The van der Waals surface area contributed by atoms with E-state index >= 15 is 0 Å². The van der Waals surface area contributed by atoms with Crippen LogP contribution in [0.3, 0.4) is 0 Å². The normalized spacial score (nSPS) is 10.9. The Balaban J connectivity index is 2.10. The van der Waals surface area contributed by atoms with Crippen molar-refractivity contribution in [3.05, 3.63) is 36.2 Å². The van der Waals surface area contributed by atoms with E-state index in [1.807, 2.05) is 18.2 Å². The molecule has 0 fully saturated rings. The minimum Gasteiger partial charge on any atom is -0.481 e. The van der Waals surface area contributed by atoms with Crippen molar-refractivity contribution < 1.29 is 9.90 Å². The van der Waals surface area contributed by atoms with E-state index in [9.17, 15) is 4.79 Å². The predicted molar refractivity (Wildman–Crippen MR) is 65.4 cm³/mol. The smallest absolute Gasteiger partial charge is 0.307 e. The molecule has 0 radical (unpaired) electrons. The quantitative estimate of drug-likeness (QED) is 0.771. The summed E-state index contributed by atoms with van der Waals surface area (Å²) in [5.74, 6) is -0.856. The molecule has 0 unspecified atom stereocenters. The van der Waals surface area contributed by atoms with Gasteiger partial charge < -0.3 is 5.11 Å². The third kappa shape index (κ3) is 1.84. The van der Waals surface area contributed by atoms with Crippen molar-refractivity contribution >= 4 is 22.3 Å². The van der Waals surface area contributed by atoms with Crippen molar-refractivity contribution in [2.45, 2.75) is 6.42 Å². The van der Waals surface area contributed by atoms with E-state index in [0.717, 1.165) is 16.1 Å². The van der Waals surface area contributed by atoms with Gasteiger partial charge in [-0.15, -0.1) is 10.2 Å². The molecule has 1 aromatic carbocycles. The van der Waals surface area contributed by atoms with Crippen LogP contribution in [-0.4, -0.2) is 30.9 Å². The Kier molecular flexibility index (Phi) is 2.52. The van der Waals surface area contributed by atoms with Crippen LogP contribution in [-0.2, 0) is 11.2 Å². The average molecular weight is 260 g/mol. The van der Waals surface area contributed by atoms with Crippen molar-refractivity contribution in [3.63, 3.8) is 0 Å². The average Bonchev–Trinajstić information content (AvgIpc) is 2.89. The van der Waals surface area contributed by atoms with Crippen LogP contribution < -0.4 is 0 Å². The summed E-state index contributed by atoms with van der Waals surface area (Å²) in [6.45, 7) is 0. The minimum absolute atomic E-state index is 0.0175. The highest BCUT2D eigenvalue weighted by atomic mass is 32.1. The number of carboxylic acid groups (broad SMARTS) is 1. The van der Waals surface area contributed by atoms with Gasteiger partial charge in [0.25, 0.3) is 0 Å². The van der Waals surface area contributed by atoms with Crippen LogP contribution in [0, 0.1) is 0 Å². The molecule has 2 heterocycles. The van der Waals surface area contributed by atoms with Crippen LogP contribution in [0.4, 0.5) is 0 Å². The van der Waals surface area contributed by atoms with Gasteiger partial charge in [0.15, 0.2) is 0 Å². The lowest BCUT2D eigenvalue weighted by Gasteiger charge is -2.03. The van der Waals surface area contributed by atoms with E-state index in [0.29, 0.717) is 4.96 Å². The lowest BCUT2D eigenvalue weighted by Crippen LogP contribution is -2.01. The monoisotopic (exact) mass is 260 g/mol. The number of hydrogen-bond donors (Lipinski definition) is 1. The number of benzene rings is 1. The van der Waals surface area contributed by atoms with Gasteiger partial charge in [0.05, 0.1) is 6.42 Å². The molecule has 0 aliphatic carbocycles. The molecule has 0 spiro atoms. The van der Waals surface area contributed by atoms with Crippen LogP contribution in [0.15, 0.2) is 30.6 Å². The zero-order valence-electron chi connectivity index (χ0n) is 9.15. The molecule has 0 saturated carbocycles. The van der Waals surface area contributed by atoms with E-state index in [4.69, 9.17) is 5.11 Å². The molecule has 6 nitrogen and oxygen atoms in total. The largest absolute Gasteiger partial charge is 0.481 e. The zero-order valence-corrected chi connectivity index (χ0v) is 9.96. The van der Waals surface area contributed by atoms with Crippen molar-refractivity contribution in [3.8, 4) is 10.6 Å². The Morgan fingerprint density at radius 1 is 1.39 bits per heavy atom. The fourth-order valence-electron chi connectivity index (χ4n) is 1.71. The first kappa shape index (κ1) is 10.8. The Labute approximate surface area is 106 Å². The van der Waals surface area contributed by atoms with E-state index in [2.05, 4.69) is 15.3 Å². The fraction of sp³-hybridized carbons (Fsp3) is 0.0909. The third-order valence-electron chi connectivity index (χ3n) is 2.48. The highest BCUT2D eigenvalue weighted by Gasteiger charge is 2.13. The predicted octanol–water partition coefficient (Wildman–Crippen LogP) is 1.48. The minimum atomic E-state index is -0.856.